The second-order valence-corrected chi connectivity index (χ2v) is 10.2. The molecule has 0 heterocycles. The van der Waals surface area contributed by atoms with Crippen LogP contribution in [0.15, 0.2) is 147 Å². The number of fused-ring (bicyclic) bond motifs is 4. The Morgan fingerprint density at radius 3 is 1.68 bits per heavy atom. The smallest absolute Gasteiger partial charge is 0.00923 e. The van der Waals surface area contributed by atoms with E-state index in [9.17, 15) is 0 Å². The number of hydrogen-bond acceptors (Lipinski definition) is 0. The van der Waals surface area contributed by atoms with Gasteiger partial charge in [-0.15, -0.1) is 0 Å². The Bertz CT molecular complexity index is 2060. The van der Waals surface area contributed by atoms with Crippen LogP contribution in [-0.2, 0) is 0 Å². The summed E-state index contributed by atoms with van der Waals surface area (Å²) in [6.07, 6.45) is 3.96. The van der Waals surface area contributed by atoms with Crippen molar-refractivity contribution in [2.45, 2.75) is 0 Å². The maximum absolute atomic E-state index is 4.25. The first kappa shape index (κ1) is 23.9. The lowest BCUT2D eigenvalue weighted by Gasteiger charge is -2.18. The van der Waals surface area contributed by atoms with E-state index in [4.69, 9.17) is 0 Å². The van der Waals surface area contributed by atoms with Crippen LogP contribution in [0.1, 0.15) is 11.1 Å². The molecule has 0 saturated heterocycles. The summed E-state index contributed by atoms with van der Waals surface area (Å²) < 4.78 is 0. The molecule has 7 aromatic rings. The lowest BCUT2D eigenvalue weighted by Crippen LogP contribution is -1.93. The average Bonchev–Trinajstić information content (AvgIpc) is 3.03. The first-order valence-corrected chi connectivity index (χ1v) is 13.7. The molecular formula is C40H28. The van der Waals surface area contributed by atoms with Gasteiger partial charge in [-0.2, -0.15) is 0 Å². The number of hydrogen-bond donors (Lipinski definition) is 0. The molecule has 0 nitrogen and oxygen atoms in total. The van der Waals surface area contributed by atoms with E-state index in [2.05, 4.69) is 147 Å². The van der Waals surface area contributed by atoms with Gasteiger partial charge in [-0.25, -0.2) is 0 Å². The summed E-state index contributed by atoms with van der Waals surface area (Å²) in [4.78, 5) is 0. The first-order valence-electron chi connectivity index (χ1n) is 13.7. The third-order valence-electron chi connectivity index (χ3n) is 8.02. The minimum atomic E-state index is 1.11. The monoisotopic (exact) mass is 508 g/mol. The van der Waals surface area contributed by atoms with Crippen LogP contribution in [-0.4, -0.2) is 0 Å². The molecule has 0 spiro atoms. The van der Waals surface area contributed by atoms with E-state index >= 15 is 0 Å². The fourth-order valence-corrected chi connectivity index (χ4v) is 6.04. The Labute approximate surface area is 235 Å². The Morgan fingerprint density at radius 1 is 0.350 bits per heavy atom. The second-order valence-electron chi connectivity index (χ2n) is 10.2. The zero-order valence-corrected chi connectivity index (χ0v) is 22.3. The molecule has 40 heavy (non-hydrogen) atoms. The van der Waals surface area contributed by atoms with E-state index in [1.54, 1.807) is 0 Å². The molecule has 0 N–H and O–H groups in total. The van der Waals surface area contributed by atoms with E-state index in [0.717, 1.165) is 11.1 Å². The van der Waals surface area contributed by atoms with Crippen molar-refractivity contribution in [3.05, 3.63) is 158 Å². The average molecular weight is 509 g/mol. The van der Waals surface area contributed by atoms with E-state index in [-0.39, 0.29) is 0 Å². The van der Waals surface area contributed by atoms with Crippen molar-refractivity contribution >= 4 is 44.5 Å². The minimum absolute atomic E-state index is 1.11. The summed E-state index contributed by atoms with van der Waals surface area (Å²) in [6, 6.07) is 48.1. The number of rotatable bonds is 5. The topological polar surface area (TPSA) is 0 Å². The van der Waals surface area contributed by atoms with Crippen LogP contribution >= 0.6 is 0 Å². The van der Waals surface area contributed by atoms with Gasteiger partial charge in [0, 0.05) is 0 Å². The highest BCUT2D eigenvalue weighted by Crippen LogP contribution is 2.42. The van der Waals surface area contributed by atoms with Crippen LogP contribution in [0.25, 0.3) is 77.9 Å². The summed E-state index contributed by atoms with van der Waals surface area (Å²) in [7, 11) is 0. The Kier molecular flexibility index (Phi) is 5.87. The van der Waals surface area contributed by atoms with Crippen molar-refractivity contribution in [1.82, 2.24) is 0 Å². The van der Waals surface area contributed by atoms with Gasteiger partial charge in [0.15, 0.2) is 0 Å². The summed E-state index contributed by atoms with van der Waals surface area (Å²) in [5.74, 6) is 0. The molecular weight excluding hydrogens is 480 g/mol. The molecule has 7 rings (SSSR count). The summed E-state index contributed by atoms with van der Waals surface area (Å²) in [5.41, 5.74) is 9.45. The van der Waals surface area contributed by atoms with Gasteiger partial charge in [0.1, 0.15) is 0 Å². The summed E-state index contributed by atoms with van der Waals surface area (Å²) in [6.45, 7) is 8.48. The Morgan fingerprint density at radius 2 is 0.925 bits per heavy atom. The van der Waals surface area contributed by atoms with E-state index in [1.165, 1.54) is 65.7 Å². The molecule has 0 fully saturated rings. The van der Waals surface area contributed by atoms with Gasteiger partial charge in [-0.05, 0) is 95.0 Å². The van der Waals surface area contributed by atoms with Gasteiger partial charge in [-0.1, -0.05) is 141 Å². The third-order valence-corrected chi connectivity index (χ3v) is 8.02. The molecule has 0 aromatic heterocycles. The Hall–Kier alpha value is -5.20. The lowest BCUT2D eigenvalue weighted by molar-refractivity contribution is 1.60. The first-order chi connectivity index (χ1) is 19.7. The van der Waals surface area contributed by atoms with E-state index in [0.29, 0.717) is 0 Å². The molecule has 0 heteroatoms. The van der Waals surface area contributed by atoms with Crippen LogP contribution in [0.5, 0.6) is 0 Å². The van der Waals surface area contributed by atoms with Crippen molar-refractivity contribution < 1.29 is 0 Å². The molecule has 0 amide bonds. The van der Waals surface area contributed by atoms with Gasteiger partial charge in [0.2, 0.25) is 0 Å². The zero-order valence-electron chi connectivity index (χ0n) is 22.3. The van der Waals surface area contributed by atoms with Gasteiger partial charge >= 0.3 is 0 Å². The minimum Gasteiger partial charge on any atom is -0.0984 e. The van der Waals surface area contributed by atoms with Crippen LogP contribution in [0, 0.1) is 0 Å². The second kappa shape index (κ2) is 9.84. The van der Waals surface area contributed by atoms with Gasteiger partial charge in [0.25, 0.3) is 0 Å². The molecule has 7 aromatic carbocycles. The Balaban J connectivity index is 1.48. The molecule has 0 aliphatic rings. The SMILES string of the molecule is C=Cc1c(-c2ccc3ccccc3c2)cc2c(cc(-c3ccc(-c4ccccc4)cc3)c3ccccc32)c1C=C. The van der Waals surface area contributed by atoms with Crippen molar-refractivity contribution in [3.8, 4) is 33.4 Å². The van der Waals surface area contributed by atoms with Crippen LogP contribution in [0.3, 0.4) is 0 Å². The lowest BCUT2D eigenvalue weighted by atomic mass is 9.85. The van der Waals surface area contributed by atoms with Crippen molar-refractivity contribution in [1.29, 1.82) is 0 Å². The van der Waals surface area contributed by atoms with Gasteiger partial charge in [0.05, 0.1) is 0 Å². The molecule has 0 saturated carbocycles. The fraction of sp³-hybridized carbons (Fsp3) is 0. The predicted molar refractivity (Wildman–Crippen MR) is 175 cm³/mol. The third kappa shape index (κ3) is 3.94. The van der Waals surface area contributed by atoms with Gasteiger partial charge in [-0.3, -0.25) is 0 Å². The molecule has 0 bridgehead atoms. The highest BCUT2D eigenvalue weighted by molar-refractivity contribution is 6.17. The molecule has 0 aliphatic carbocycles. The van der Waals surface area contributed by atoms with Gasteiger partial charge < -0.3 is 0 Å². The van der Waals surface area contributed by atoms with Crippen molar-refractivity contribution in [3.63, 3.8) is 0 Å². The predicted octanol–water partition coefficient (Wildman–Crippen LogP) is 11.4. The molecule has 0 aliphatic heterocycles. The molecule has 0 unspecified atom stereocenters. The summed E-state index contributed by atoms with van der Waals surface area (Å²) in [5, 5.41) is 7.37. The van der Waals surface area contributed by atoms with Crippen LogP contribution < -0.4 is 0 Å². The molecule has 0 atom stereocenters. The number of benzene rings is 7. The van der Waals surface area contributed by atoms with Crippen molar-refractivity contribution in [2.75, 3.05) is 0 Å². The molecule has 188 valence electrons. The van der Waals surface area contributed by atoms with Crippen LogP contribution in [0.4, 0.5) is 0 Å². The largest absolute Gasteiger partial charge is 0.0984 e. The van der Waals surface area contributed by atoms with Crippen LogP contribution in [0.2, 0.25) is 0 Å². The maximum atomic E-state index is 4.25. The highest BCUT2D eigenvalue weighted by Gasteiger charge is 2.16. The normalized spacial score (nSPS) is 11.2. The van der Waals surface area contributed by atoms with E-state index < -0.39 is 0 Å². The fourth-order valence-electron chi connectivity index (χ4n) is 6.04. The zero-order chi connectivity index (χ0) is 27.1. The standard InChI is InChI=1S/C40H28/c1-3-33-34(4-2)39-25-37(30-21-18-29(19-22-30)27-12-6-5-7-13-27)35-16-10-11-17-36(35)40(39)26-38(33)32-23-20-28-14-8-9-15-31(28)24-32/h3-26H,1-2H2. The summed E-state index contributed by atoms with van der Waals surface area (Å²) >= 11 is 0. The maximum Gasteiger partial charge on any atom is -0.00923 e. The van der Waals surface area contributed by atoms with Crippen molar-refractivity contribution in [2.24, 2.45) is 0 Å². The van der Waals surface area contributed by atoms with E-state index in [1.807, 2.05) is 12.2 Å². The quantitative estimate of drug-likeness (QED) is 0.203. The molecule has 0 radical (unpaired) electrons. The highest BCUT2D eigenvalue weighted by atomic mass is 14.2.